The molecule has 0 bridgehead atoms. The van der Waals surface area contributed by atoms with Crippen molar-refractivity contribution in [3.8, 4) is 22.6 Å². The number of aliphatic hydroxyl groups is 2. The lowest BCUT2D eigenvalue weighted by atomic mass is 9.76. The third kappa shape index (κ3) is 11.6. The summed E-state index contributed by atoms with van der Waals surface area (Å²) < 4.78 is 59.7. The van der Waals surface area contributed by atoms with Gasteiger partial charge in [0.15, 0.2) is 0 Å². The van der Waals surface area contributed by atoms with E-state index in [1.54, 1.807) is 6.07 Å². The van der Waals surface area contributed by atoms with E-state index in [9.17, 15) is 22.8 Å². The summed E-state index contributed by atoms with van der Waals surface area (Å²) in [6.07, 6.45) is -1.35. The van der Waals surface area contributed by atoms with Gasteiger partial charge in [0.2, 0.25) is 0 Å². The molecule has 3 rings (SSSR count). The summed E-state index contributed by atoms with van der Waals surface area (Å²) in [4.78, 5) is 23.5. The highest BCUT2D eigenvalue weighted by Gasteiger charge is 2.30. The van der Waals surface area contributed by atoms with Gasteiger partial charge in [-0.3, -0.25) is 0 Å². The van der Waals surface area contributed by atoms with Crippen LogP contribution in [0, 0.1) is 12.8 Å². The minimum absolute atomic E-state index is 0.0256. The van der Waals surface area contributed by atoms with Crippen LogP contribution in [0.3, 0.4) is 0 Å². The molecular formula is C34H41F3O8. The van der Waals surface area contributed by atoms with Crippen LogP contribution in [0.2, 0.25) is 0 Å². The molecule has 2 N–H and O–H groups in total. The lowest BCUT2D eigenvalue weighted by Gasteiger charge is -2.30. The van der Waals surface area contributed by atoms with Crippen molar-refractivity contribution in [2.45, 2.75) is 57.5 Å². The molecule has 0 atom stereocenters. The highest BCUT2D eigenvalue weighted by Crippen LogP contribution is 2.41. The first-order valence-corrected chi connectivity index (χ1v) is 14.9. The second-order valence-corrected chi connectivity index (χ2v) is 11.1. The molecule has 0 unspecified atom stereocenters. The Balaban J connectivity index is 1.70. The van der Waals surface area contributed by atoms with Crippen molar-refractivity contribution in [2.75, 3.05) is 39.6 Å². The molecule has 2 aromatic carbocycles. The number of alkyl halides is 3. The topological polar surface area (TPSA) is 112 Å². The first-order valence-electron chi connectivity index (χ1n) is 14.9. The Bertz CT molecular complexity index is 1270. The van der Waals surface area contributed by atoms with Crippen molar-refractivity contribution in [2.24, 2.45) is 5.92 Å². The number of carbonyl (C=O) groups is 2. The van der Waals surface area contributed by atoms with E-state index >= 15 is 0 Å². The fraction of sp³-hybridized carbons (Fsp3) is 0.471. The molecule has 1 saturated carbocycles. The Hall–Kier alpha value is -3.83. The summed E-state index contributed by atoms with van der Waals surface area (Å²) in [6, 6.07) is 11.4. The van der Waals surface area contributed by atoms with Gasteiger partial charge in [-0.15, -0.1) is 0 Å². The molecular weight excluding hydrogens is 593 g/mol. The fourth-order valence-electron chi connectivity index (χ4n) is 5.27. The fourth-order valence-corrected chi connectivity index (χ4v) is 5.27. The van der Waals surface area contributed by atoms with Crippen molar-refractivity contribution in [1.29, 1.82) is 0 Å². The zero-order chi connectivity index (χ0) is 33.0. The van der Waals surface area contributed by atoms with Gasteiger partial charge in [0, 0.05) is 12.5 Å². The molecule has 1 aliphatic rings. The van der Waals surface area contributed by atoms with Crippen LogP contribution >= 0.6 is 0 Å². The van der Waals surface area contributed by atoms with Crippen molar-refractivity contribution in [3.63, 3.8) is 0 Å². The van der Waals surface area contributed by atoms with E-state index < -0.39 is 37.7 Å². The van der Waals surface area contributed by atoms with E-state index in [1.165, 1.54) is 5.56 Å². The van der Waals surface area contributed by atoms with Gasteiger partial charge in [-0.2, -0.15) is 13.2 Å². The Labute approximate surface area is 261 Å². The second-order valence-electron chi connectivity index (χ2n) is 11.1. The first-order chi connectivity index (χ1) is 21.4. The number of carbonyl (C=O) groups excluding carboxylic acids is 2. The molecule has 11 heteroatoms. The number of rotatable bonds is 16. The second kappa shape index (κ2) is 17.0. The van der Waals surface area contributed by atoms with E-state index in [0.717, 1.165) is 42.4 Å². The molecule has 246 valence electrons. The molecule has 0 heterocycles. The highest BCUT2D eigenvalue weighted by molar-refractivity contribution is 5.88. The monoisotopic (exact) mass is 634 g/mol. The smallest absolute Gasteiger partial charge is 0.389 e. The van der Waals surface area contributed by atoms with Crippen LogP contribution in [-0.4, -0.2) is 68.0 Å². The predicted molar refractivity (Wildman–Crippen MR) is 162 cm³/mol. The Morgan fingerprint density at radius 2 is 1.33 bits per heavy atom. The zero-order valence-electron chi connectivity index (χ0n) is 25.5. The van der Waals surface area contributed by atoms with E-state index in [1.807, 2.05) is 25.1 Å². The maximum Gasteiger partial charge on any atom is 0.389 e. The van der Waals surface area contributed by atoms with Gasteiger partial charge >= 0.3 is 18.1 Å². The number of ether oxygens (including phenoxy) is 4. The van der Waals surface area contributed by atoms with Crippen molar-refractivity contribution >= 4 is 11.9 Å². The third-order valence-corrected chi connectivity index (χ3v) is 7.74. The Kier molecular flexibility index (Phi) is 13.5. The molecule has 2 aromatic rings. The van der Waals surface area contributed by atoms with E-state index in [2.05, 4.69) is 25.3 Å². The van der Waals surface area contributed by atoms with E-state index in [4.69, 9.17) is 29.2 Å². The molecule has 1 aliphatic carbocycles. The summed E-state index contributed by atoms with van der Waals surface area (Å²) in [5.74, 6) is -0.167. The van der Waals surface area contributed by atoms with Crippen molar-refractivity contribution in [1.82, 2.24) is 0 Å². The average Bonchev–Trinajstić information content (AvgIpc) is 3.02. The average molecular weight is 635 g/mol. The van der Waals surface area contributed by atoms with E-state index in [-0.39, 0.29) is 49.9 Å². The molecule has 0 aliphatic heterocycles. The SMILES string of the molecule is C=C(CO)C(=O)OCCOc1cc(OCCOC(=O)C(=C)CO)cc(-c2ccc(C3CCC(CCC(F)(F)F)CC3)c(C)c2)c1. The number of halogens is 3. The minimum atomic E-state index is -4.11. The third-order valence-electron chi connectivity index (χ3n) is 7.74. The number of benzene rings is 2. The van der Waals surface area contributed by atoms with Gasteiger partial charge in [-0.25, -0.2) is 9.59 Å². The maximum atomic E-state index is 12.7. The lowest BCUT2D eigenvalue weighted by molar-refractivity contribution is -0.141. The number of esters is 2. The zero-order valence-corrected chi connectivity index (χ0v) is 25.5. The van der Waals surface area contributed by atoms with Crippen LogP contribution in [0.1, 0.15) is 55.6 Å². The Morgan fingerprint density at radius 1 is 0.800 bits per heavy atom. The molecule has 0 aromatic heterocycles. The van der Waals surface area contributed by atoms with Crippen LogP contribution in [0.4, 0.5) is 13.2 Å². The Morgan fingerprint density at radius 3 is 1.80 bits per heavy atom. The van der Waals surface area contributed by atoms with Crippen molar-refractivity contribution in [3.05, 3.63) is 71.8 Å². The number of aryl methyl sites for hydroxylation is 1. The molecule has 45 heavy (non-hydrogen) atoms. The van der Waals surface area contributed by atoms with Gasteiger partial charge in [-0.05, 0) is 85.3 Å². The molecule has 0 spiro atoms. The van der Waals surface area contributed by atoms with Crippen LogP contribution in [0.25, 0.3) is 11.1 Å². The first kappa shape index (κ1) is 35.6. The number of hydrogen-bond donors (Lipinski definition) is 2. The van der Waals surface area contributed by atoms with Crippen LogP contribution in [0.5, 0.6) is 11.5 Å². The highest BCUT2D eigenvalue weighted by atomic mass is 19.4. The molecule has 0 saturated heterocycles. The molecule has 0 radical (unpaired) electrons. The maximum absolute atomic E-state index is 12.7. The summed E-state index contributed by atoms with van der Waals surface area (Å²) in [7, 11) is 0. The van der Waals surface area contributed by atoms with Gasteiger partial charge < -0.3 is 29.2 Å². The summed E-state index contributed by atoms with van der Waals surface area (Å²) >= 11 is 0. The normalized spacial score (nSPS) is 16.5. The van der Waals surface area contributed by atoms with Crippen LogP contribution < -0.4 is 9.47 Å². The van der Waals surface area contributed by atoms with Gasteiger partial charge in [0.05, 0.1) is 24.4 Å². The summed E-state index contributed by atoms with van der Waals surface area (Å²) in [6.45, 7) is 7.76. The van der Waals surface area contributed by atoms with Gasteiger partial charge in [0.25, 0.3) is 0 Å². The predicted octanol–water partition coefficient (Wildman–Crippen LogP) is 6.22. The molecule has 0 amide bonds. The van der Waals surface area contributed by atoms with E-state index in [0.29, 0.717) is 17.4 Å². The largest absolute Gasteiger partial charge is 0.490 e. The van der Waals surface area contributed by atoms with Gasteiger partial charge in [-0.1, -0.05) is 31.4 Å². The lowest BCUT2D eigenvalue weighted by Crippen LogP contribution is -2.17. The number of aliphatic hydroxyl groups excluding tert-OH is 2. The molecule has 1 fully saturated rings. The summed E-state index contributed by atoms with van der Waals surface area (Å²) in [5.41, 5.74) is 3.81. The minimum Gasteiger partial charge on any atom is -0.490 e. The summed E-state index contributed by atoms with van der Waals surface area (Å²) in [5, 5.41) is 18.0. The van der Waals surface area contributed by atoms with Crippen molar-refractivity contribution < 1.29 is 51.9 Å². The standard InChI is InChI=1S/C34H41F3O8/c1-22-16-27(8-9-31(22)26-6-4-25(5-7-26)10-11-34(35,36)37)28-17-29(42-12-14-44-32(40)23(2)20-38)19-30(18-28)43-13-15-45-33(41)24(3)21-39/h8-9,16-19,25-26,38-39H,2-7,10-15,20-21H2,1H3. The van der Waals surface area contributed by atoms with Crippen LogP contribution in [-0.2, 0) is 19.1 Å². The molecule has 8 nitrogen and oxygen atoms in total. The van der Waals surface area contributed by atoms with Crippen LogP contribution in [0.15, 0.2) is 60.7 Å². The van der Waals surface area contributed by atoms with Gasteiger partial charge in [0.1, 0.15) is 37.9 Å². The number of hydrogen-bond acceptors (Lipinski definition) is 8. The quantitative estimate of drug-likeness (QED) is 0.127.